The first-order valence-corrected chi connectivity index (χ1v) is 7.41. The zero-order valence-corrected chi connectivity index (χ0v) is 13.3. The Morgan fingerprint density at radius 3 is 2.74 bits per heavy atom. The highest BCUT2D eigenvalue weighted by Gasteiger charge is 2.28. The molecule has 0 saturated heterocycles. The number of benzene rings is 1. The van der Waals surface area contributed by atoms with Crippen molar-refractivity contribution in [3.8, 4) is 11.5 Å². The van der Waals surface area contributed by atoms with Gasteiger partial charge >= 0.3 is 0 Å². The molecule has 1 amide bonds. The SMILES string of the molecule is COc1cc2c(cc1OC)C(NC(=O)[C@H](C)n1cnnn1)CC2. The van der Waals surface area contributed by atoms with Gasteiger partial charge in [-0.1, -0.05) is 0 Å². The van der Waals surface area contributed by atoms with Gasteiger partial charge in [0.2, 0.25) is 5.91 Å². The van der Waals surface area contributed by atoms with E-state index >= 15 is 0 Å². The molecule has 0 spiro atoms. The Bertz CT molecular complexity index is 701. The summed E-state index contributed by atoms with van der Waals surface area (Å²) in [5, 5.41) is 13.9. The molecular weight excluding hydrogens is 298 g/mol. The van der Waals surface area contributed by atoms with Crippen molar-refractivity contribution in [3.63, 3.8) is 0 Å². The molecule has 0 aliphatic heterocycles. The lowest BCUT2D eigenvalue weighted by molar-refractivity contribution is -0.124. The van der Waals surface area contributed by atoms with Crippen LogP contribution in [0.5, 0.6) is 11.5 Å². The number of carbonyl (C=O) groups is 1. The van der Waals surface area contributed by atoms with Crippen LogP contribution < -0.4 is 14.8 Å². The molecule has 0 radical (unpaired) electrons. The van der Waals surface area contributed by atoms with Gasteiger partial charge in [-0.05, 0) is 53.5 Å². The number of methoxy groups -OCH3 is 2. The van der Waals surface area contributed by atoms with Crippen molar-refractivity contribution < 1.29 is 14.3 Å². The van der Waals surface area contributed by atoms with Gasteiger partial charge in [0.1, 0.15) is 12.4 Å². The topological polar surface area (TPSA) is 91.2 Å². The average Bonchev–Trinajstić information content (AvgIpc) is 3.23. The summed E-state index contributed by atoms with van der Waals surface area (Å²) in [5.74, 6) is 1.26. The molecule has 2 aromatic rings. The summed E-state index contributed by atoms with van der Waals surface area (Å²) >= 11 is 0. The highest BCUT2D eigenvalue weighted by Crippen LogP contribution is 2.39. The Labute approximate surface area is 133 Å². The van der Waals surface area contributed by atoms with Gasteiger partial charge in [0.25, 0.3) is 0 Å². The maximum Gasteiger partial charge on any atom is 0.245 e. The highest BCUT2D eigenvalue weighted by atomic mass is 16.5. The van der Waals surface area contributed by atoms with Crippen molar-refractivity contribution in [2.24, 2.45) is 0 Å². The van der Waals surface area contributed by atoms with Crippen LogP contribution in [0, 0.1) is 0 Å². The molecule has 1 aromatic heterocycles. The van der Waals surface area contributed by atoms with Crippen LogP contribution in [0.3, 0.4) is 0 Å². The summed E-state index contributed by atoms with van der Waals surface area (Å²) < 4.78 is 12.1. The van der Waals surface area contributed by atoms with E-state index in [2.05, 4.69) is 20.8 Å². The molecule has 8 heteroatoms. The van der Waals surface area contributed by atoms with E-state index in [0.29, 0.717) is 11.5 Å². The average molecular weight is 317 g/mol. The predicted octanol–water partition coefficient (Wildman–Crippen LogP) is 1.05. The standard InChI is InChI=1S/C15H19N5O3/c1-9(20-8-16-18-19-20)15(21)17-12-5-4-10-6-13(22-2)14(23-3)7-11(10)12/h6-9,12H,4-5H2,1-3H3,(H,17,21)/t9-,12?/m0/s1. The van der Waals surface area contributed by atoms with Gasteiger partial charge in [-0.3, -0.25) is 4.79 Å². The minimum Gasteiger partial charge on any atom is -0.493 e. The van der Waals surface area contributed by atoms with Crippen molar-refractivity contribution >= 4 is 5.91 Å². The Balaban J connectivity index is 1.78. The van der Waals surface area contributed by atoms with E-state index in [4.69, 9.17) is 9.47 Å². The Morgan fingerprint density at radius 2 is 2.09 bits per heavy atom. The lowest BCUT2D eigenvalue weighted by atomic mass is 10.1. The number of aromatic nitrogens is 4. The van der Waals surface area contributed by atoms with E-state index in [1.54, 1.807) is 21.1 Å². The van der Waals surface area contributed by atoms with E-state index in [9.17, 15) is 4.79 Å². The molecule has 1 N–H and O–H groups in total. The fourth-order valence-corrected chi connectivity index (χ4v) is 2.84. The minimum atomic E-state index is -0.464. The second-order valence-electron chi connectivity index (χ2n) is 5.47. The number of nitrogens with one attached hydrogen (secondary N) is 1. The second kappa shape index (κ2) is 6.23. The molecular formula is C15H19N5O3. The molecule has 8 nitrogen and oxygen atoms in total. The summed E-state index contributed by atoms with van der Waals surface area (Å²) in [5.41, 5.74) is 2.24. The van der Waals surface area contributed by atoms with Crippen LogP contribution in [0.25, 0.3) is 0 Å². The third-order valence-corrected chi connectivity index (χ3v) is 4.18. The molecule has 23 heavy (non-hydrogen) atoms. The molecule has 1 heterocycles. The predicted molar refractivity (Wildman–Crippen MR) is 81.3 cm³/mol. The summed E-state index contributed by atoms with van der Waals surface area (Å²) in [6, 6.07) is 3.41. The lowest BCUT2D eigenvalue weighted by Gasteiger charge is -2.18. The number of ether oxygens (including phenoxy) is 2. The quantitative estimate of drug-likeness (QED) is 0.886. The molecule has 1 aliphatic carbocycles. The molecule has 122 valence electrons. The molecule has 1 aliphatic rings. The number of carbonyl (C=O) groups excluding carboxylic acids is 1. The lowest BCUT2D eigenvalue weighted by Crippen LogP contribution is -2.33. The van der Waals surface area contributed by atoms with Gasteiger partial charge < -0.3 is 14.8 Å². The van der Waals surface area contributed by atoms with E-state index < -0.39 is 6.04 Å². The van der Waals surface area contributed by atoms with Gasteiger partial charge in [-0.15, -0.1) is 5.10 Å². The van der Waals surface area contributed by atoms with Crippen LogP contribution in [0.15, 0.2) is 18.5 Å². The van der Waals surface area contributed by atoms with Crippen molar-refractivity contribution in [2.75, 3.05) is 14.2 Å². The van der Waals surface area contributed by atoms with Crippen LogP contribution in [0.2, 0.25) is 0 Å². The van der Waals surface area contributed by atoms with Crippen molar-refractivity contribution in [3.05, 3.63) is 29.6 Å². The number of hydrogen-bond acceptors (Lipinski definition) is 6. The maximum absolute atomic E-state index is 12.4. The normalized spacial score (nSPS) is 17.4. The number of nitrogens with zero attached hydrogens (tertiary/aromatic N) is 4. The summed E-state index contributed by atoms with van der Waals surface area (Å²) in [6.07, 6.45) is 3.17. The third-order valence-electron chi connectivity index (χ3n) is 4.18. The van der Waals surface area contributed by atoms with Crippen molar-refractivity contribution in [2.45, 2.75) is 31.8 Å². The van der Waals surface area contributed by atoms with Gasteiger partial charge in [-0.2, -0.15) is 0 Å². The smallest absolute Gasteiger partial charge is 0.245 e. The number of aryl methyl sites for hydroxylation is 1. The molecule has 1 aromatic carbocycles. The van der Waals surface area contributed by atoms with Crippen LogP contribution in [-0.2, 0) is 11.2 Å². The first-order valence-electron chi connectivity index (χ1n) is 7.41. The molecule has 0 fully saturated rings. The number of tetrazole rings is 1. The largest absolute Gasteiger partial charge is 0.493 e. The van der Waals surface area contributed by atoms with Crippen molar-refractivity contribution in [1.29, 1.82) is 0 Å². The first kappa shape index (κ1) is 15.3. The van der Waals surface area contributed by atoms with E-state index in [1.165, 1.54) is 16.6 Å². The van der Waals surface area contributed by atoms with Gasteiger partial charge in [0, 0.05) is 0 Å². The molecule has 2 atom stereocenters. The zero-order valence-electron chi connectivity index (χ0n) is 13.3. The number of fused-ring (bicyclic) bond motifs is 1. The fourth-order valence-electron chi connectivity index (χ4n) is 2.84. The third kappa shape index (κ3) is 2.84. The molecule has 0 bridgehead atoms. The van der Waals surface area contributed by atoms with Crippen LogP contribution in [0.1, 0.15) is 36.6 Å². The summed E-state index contributed by atoms with van der Waals surface area (Å²) in [6.45, 7) is 1.76. The molecule has 0 saturated carbocycles. The molecule has 1 unspecified atom stereocenters. The van der Waals surface area contributed by atoms with E-state index in [0.717, 1.165) is 18.4 Å². The van der Waals surface area contributed by atoms with E-state index in [1.807, 2.05) is 12.1 Å². The van der Waals surface area contributed by atoms with Gasteiger partial charge in [0.05, 0.1) is 20.3 Å². The Morgan fingerprint density at radius 1 is 1.35 bits per heavy atom. The number of amides is 1. The van der Waals surface area contributed by atoms with Crippen LogP contribution >= 0.6 is 0 Å². The monoisotopic (exact) mass is 317 g/mol. The summed E-state index contributed by atoms with van der Waals surface area (Å²) in [7, 11) is 3.22. The van der Waals surface area contributed by atoms with Crippen LogP contribution in [0.4, 0.5) is 0 Å². The van der Waals surface area contributed by atoms with Crippen LogP contribution in [-0.4, -0.2) is 40.3 Å². The fraction of sp³-hybridized carbons (Fsp3) is 0.467. The van der Waals surface area contributed by atoms with Crippen molar-refractivity contribution in [1.82, 2.24) is 25.5 Å². The van der Waals surface area contributed by atoms with Gasteiger partial charge in [-0.25, -0.2) is 4.68 Å². The maximum atomic E-state index is 12.4. The van der Waals surface area contributed by atoms with Gasteiger partial charge in [0.15, 0.2) is 11.5 Å². The minimum absolute atomic E-state index is 0.0452. The molecule has 3 rings (SSSR count). The Kier molecular flexibility index (Phi) is 4.14. The number of rotatable bonds is 5. The van der Waals surface area contributed by atoms with E-state index in [-0.39, 0.29) is 11.9 Å². The second-order valence-corrected chi connectivity index (χ2v) is 5.47. The zero-order chi connectivity index (χ0) is 16.4. The summed E-state index contributed by atoms with van der Waals surface area (Å²) in [4.78, 5) is 12.4. The number of hydrogen-bond donors (Lipinski definition) is 1. The highest BCUT2D eigenvalue weighted by molar-refractivity contribution is 5.80. The Hall–Kier alpha value is -2.64. The first-order chi connectivity index (χ1) is 11.1.